The Kier molecular flexibility index (Phi) is 4.49. The van der Waals surface area contributed by atoms with Crippen LogP contribution in [0.2, 0.25) is 0 Å². The van der Waals surface area contributed by atoms with E-state index in [9.17, 15) is 9.59 Å². The van der Waals surface area contributed by atoms with Crippen LogP contribution in [0, 0.1) is 0 Å². The molecule has 0 unspecified atom stereocenters. The minimum atomic E-state index is -1.19. The highest BCUT2D eigenvalue weighted by Crippen LogP contribution is 2.11. The number of morpholine rings is 1. The lowest BCUT2D eigenvalue weighted by atomic mass is 10.2. The maximum Gasteiger partial charge on any atom is 0.409 e. The summed E-state index contributed by atoms with van der Waals surface area (Å²) < 4.78 is 5.27. The van der Waals surface area contributed by atoms with Crippen molar-refractivity contribution in [2.45, 2.75) is 6.10 Å². The molecule has 1 aromatic rings. The Labute approximate surface area is 115 Å². The number of aliphatic hydroxyl groups is 1. The zero-order valence-corrected chi connectivity index (χ0v) is 10.7. The van der Waals surface area contributed by atoms with Crippen LogP contribution in [0.1, 0.15) is 10.5 Å². The van der Waals surface area contributed by atoms with Crippen molar-refractivity contribution in [2.75, 3.05) is 31.6 Å². The summed E-state index contributed by atoms with van der Waals surface area (Å²) in [6, 6.07) is 2.93. The molecule has 0 saturated carbocycles. The van der Waals surface area contributed by atoms with Gasteiger partial charge in [0.05, 0.1) is 31.2 Å². The van der Waals surface area contributed by atoms with E-state index in [4.69, 9.17) is 14.9 Å². The second kappa shape index (κ2) is 6.31. The molecule has 2 amide bonds. The van der Waals surface area contributed by atoms with Gasteiger partial charge in [-0.15, -0.1) is 0 Å². The van der Waals surface area contributed by atoms with Gasteiger partial charge in [0, 0.05) is 13.1 Å². The van der Waals surface area contributed by atoms with E-state index in [-0.39, 0.29) is 24.3 Å². The van der Waals surface area contributed by atoms with Crippen molar-refractivity contribution in [1.82, 2.24) is 9.88 Å². The number of carbonyl (C=O) groups excluding carboxylic acids is 1. The van der Waals surface area contributed by atoms with Crippen LogP contribution in [-0.2, 0) is 4.74 Å². The summed E-state index contributed by atoms with van der Waals surface area (Å²) in [5.74, 6) is -0.270. The Hall–Kier alpha value is -2.19. The minimum absolute atomic E-state index is 0.140. The van der Waals surface area contributed by atoms with Crippen LogP contribution in [0.5, 0.6) is 0 Å². The number of nitrogens with one attached hydrogen (secondary N) is 1. The minimum Gasteiger partial charge on any atom is -0.465 e. The van der Waals surface area contributed by atoms with E-state index >= 15 is 0 Å². The lowest BCUT2D eigenvalue weighted by molar-refractivity contribution is -0.0448. The second-order valence-electron chi connectivity index (χ2n) is 4.29. The number of aromatic nitrogens is 1. The SMILES string of the molecule is O=C(O)Nc1ccc(C(=O)N2CCO[C@H](CO)C2)nc1. The van der Waals surface area contributed by atoms with Gasteiger partial charge in [0.15, 0.2) is 0 Å². The van der Waals surface area contributed by atoms with Gasteiger partial charge in [0.25, 0.3) is 5.91 Å². The number of hydrogen-bond donors (Lipinski definition) is 3. The third-order valence-corrected chi connectivity index (χ3v) is 2.86. The normalized spacial score (nSPS) is 18.6. The molecular formula is C12H15N3O5. The summed E-state index contributed by atoms with van der Waals surface area (Å²) in [6.45, 7) is 0.979. The van der Waals surface area contributed by atoms with Crippen LogP contribution in [-0.4, -0.2) is 64.5 Å². The summed E-state index contributed by atoms with van der Waals surface area (Å²) in [6.07, 6.45) is -0.281. The fourth-order valence-electron chi connectivity index (χ4n) is 1.89. The molecule has 1 aliphatic rings. The van der Waals surface area contributed by atoms with Gasteiger partial charge in [-0.2, -0.15) is 0 Å². The van der Waals surface area contributed by atoms with Crippen molar-refractivity contribution in [3.05, 3.63) is 24.0 Å². The molecule has 1 aromatic heterocycles. The fourth-order valence-corrected chi connectivity index (χ4v) is 1.89. The number of aliphatic hydroxyl groups excluding tert-OH is 1. The molecule has 8 nitrogen and oxygen atoms in total. The second-order valence-corrected chi connectivity index (χ2v) is 4.29. The van der Waals surface area contributed by atoms with Crippen molar-refractivity contribution in [3.63, 3.8) is 0 Å². The van der Waals surface area contributed by atoms with E-state index < -0.39 is 6.09 Å². The molecule has 1 aliphatic heterocycles. The summed E-state index contributed by atoms with van der Waals surface area (Å²) in [5.41, 5.74) is 0.517. The number of pyridine rings is 1. The van der Waals surface area contributed by atoms with E-state index in [2.05, 4.69) is 10.3 Å². The Morgan fingerprint density at radius 2 is 2.30 bits per heavy atom. The highest BCUT2D eigenvalue weighted by atomic mass is 16.5. The standard InChI is InChI=1S/C12H15N3O5/c16-7-9-6-15(3-4-20-9)11(17)10-2-1-8(5-13-10)14-12(18)19/h1-2,5,9,14,16H,3-4,6-7H2,(H,18,19)/t9-/m0/s1. The summed E-state index contributed by atoms with van der Waals surface area (Å²) in [4.78, 5) is 28.1. The molecule has 2 heterocycles. The maximum absolute atomic E-state index is 12.2. The third kappa shape index (κ3) is 3.43. The molecule has 0 aliphatic carbocycles. The van der Waals surface area contributed by atoms with E-state index in [1.807, 2.05) is 0 Å². The van der Waals surface area contributed by atoms with Crippen molar-refractivity contribution in [3.8, 4) is 0 Å². The number of rotatable bonds is 3. The molecule has 3 N–H and O–H groups in total. The van der Waals surface area contributed by atoms with E-state index in [0.29, 0.717) is 25.4 Å². The van der Waals surface area contributed by atoms with E-state index in [1.54, 1.807) is 4.90 Å². The van der Waals surface area contributed by atoms with Gasteiger partial charge in [-0.05, 0) is 12.1 Å². The molecule has 1 atom stereocenters. The first kappa shape index (κ1) is 14.2. The smallest absolute Gasteiger partial charge is 0.409 e. The Morgan fingerprint density at radius 3 is 2.90 bits per heavy atom. The predicted octanol–water partition coefficient (Wildman–Crippen LogP) is 0.00480. The average Bonchev–Trinajstić information content (AvgIpc) is 2.47. The van der Waals surface area contributed by atoms with Crippen molar-refractivity contribution in [2.24, 2.45) is 0 Å². The maximum atomic E-state index is 12.2. The zero-order valence-electron chi connectivity index (χ0n) is 10.7. The fraction of sp³-hybridized carbons (Fsp3) is 0.417. The molecule has 2 rings (SSSR count). The zero-order chi connectivity index (χ0) is 14.5. The number of amides is 2. The summed E-state index contributed by atoms with van der Waals surface area (Å²) in [7, 11) is 0. The monoisotopic (exact) mass is 281 g/mol. The molecule has 0 bridgehead atoms. The van der Waals surface area contributed by atoms with Crippen LogP contribution in [0.3, 0.4) is 0 Å². The lowest BCUT2D eigenvalue weighted by Crippen LogP contribution is -2.47. The van der Waals surface area contributed by atoms with Crippen LogP contribution in [0.15, 0.2) is 18.3 Å². The first-order chi connectivity index (χ1) is 9.60. The molecule has 0 spiro atoms. The third-order valence-electron chi connectivity index (χ3n) is 2.86. The highest BCUT2D eigenvalue weighted by Gasteiger charge is 2.25. The van der Waals surface area contributed by atoms with Crippen molar-refractivity contribution < 1.29 is 24.5 Å². The first-order valence-electron chi connectivity index (χ1n) is 6.08. The van der Waals surface area contributed by atoms with Crippen LogP contribution in [0.25, 0.3) is 0 Å². The van der Waals surface area contributed by atoms with Gasteiger partial charge in [0.1, 0.15) is 5.69 Å². The molecule has 1 saturated heterocycles. The molecule has 20 heavy (non-hydrogen) atoms. The Bertz CT molecular complexity index is 490. The Morgan fingerprint density at radius 1 is 1.50 bits per heavy atom. The highest BCUT2D eigenvalue weighted by molar-refractivity contribution is 5.93. The Balaban J connectivity index is 2.03. The van der Waals surface area contributed by atoms with Crippen molar-refractivity contribution in [1.29, 1.82) is 0 Å². The molecule has 0 aromatic carbocycles. The van der Waals surface area contributed by atoms with Gasteiger partial charge in [0.2, 0.25) is 0 Å². The molecule has 0 radical (unpaired) electrons. The number of anilines is 1. The number of ether oxygens (including phenoxy) is 1. The molecular weight excluding hydrogens is 266 g/mol. The van der Waals surface area contributed by atoms with E-state index in [1.165, 1.54) is 18.3 Å². The number of carboxylic acid groups (broad SMARTS) is 1. The molecule has 108 valence electrons. The predicted molar refractivity (Wildman–Crippen MR) is 68.6 cm³/mol. The number of carbonyl (C=O) groups is 2. The van der Waals surface area contributed by atoms with E-state index in [0.717, 1.165) is 0 Å². The van der Waals surface area contributed by atoms with Crippen molar-refractivity contribution >= 4 is 17.7 Å². The number of hydrogen-bond acceptors (Lipinski definition) is 5. The van der Waals surface area contributed by atoms with Gasteiger partial charge in [-0.25, -0.2) is 9.78 Å². The van der Waals surface area contributed by atoms with Gasteiger partial charge < -0.3 is 19.8 Å². The average molecular weight is 281 g/mol. The largest absolute Gasteiger partial charge is 0.465 e. The number of nitrogens with zero attached hydrogens (tertiary/aromatic N) is 2. The van der Waals surface area contributed by atoms with Crippen LogP contribution in [0.4, 0.5) is 10.5 Å². The van der Waals surface area contributed by atoms with Crippen LogP contribution >= 0.6 is 0 Å². The molecule has 8 heteroatoms. The topological polar surface area (TPSA) is 112 Å². The van der Waals surface area contributed by atoms with Gasteiger partial charge >= 0.3 is 6.09 Å². The summed E-state index contributed by atoms with van der Waals surface area (Å²) in [5, 5.41) is 19.7. The van der Waals surface area contributed by atoms with Crippen LogP contribution < -0.4 is 5.32 Å². The quantitative estimate of drug-likeness (QED) is 0.719. The lowest BCUT2D eigenvalue weighted by Gasteiger charge is -2.31. The van der Waals surface area contributed by atoms with Gasteiger partial charge in [-0.3, -0.25) is 10.1 Å². The van der Waals surface area contributed by atoms with Gasteiger partial charge in [-0.1, -0.05) is 0 Å². The summed E-state index contributed by atoms with van der Waals surface area (Å²) >= 11 is 0. The first-order valence-corrected chi connectivity index (χ1v) is 6.08. The molecule has 1 fully saturated rings.